The highest BCUT2D eigenvalue weighted by Crippen LogP contribution is 2.51. The first-order valence-corrected chi connectivity index (χ1v) is 8.98. The first-order chi connectivity index (χ1) is 10.7. The molecule has 3 rings (SSSR count). The minimum absolute atomic E-state index is 0.00167. The molecule has 0 aromatic heterocycles. The Morgan fingerprint density at radius 2 is 2.09 bits per heavy atom. The summed E-state index contributed by atoms with van der Waals surface area (Å²) < 4.78 is 23.6. The molecule has 0 amide bonds. The van der Waals surface area contributed by atoms with Crippen molar-refractivity contribution in [3.05, 3.63) is 17.7 Å². The van der Waals surface area contributed by atoms with Crippen LogP contribution in [0.25, 0.3) is 0 Å². The zero-order chi connectivity index (χ0) is 15.7. The third-order valence-corrected chi connectivity index (χ3v) is 5.37. The highest BCUT2D eigenvalue weighted by molar-refractivity contribution is 8.22. The monoisotopic (exact) mass is 340 g/mol. The number of methoxy groups -OCH3 is 2. The van der Waals surface area contributed by atoms with Crippen molar-refractivity contribution < 1.29 is 18.9 Å². The Kier molecular flexibility index (Phi) is 4.68. The quantitative estimate of drug-likeness (QED) is 0.780. The van der Waals surface area contributed by atoms with Crippen molar-refractivity contribution >= 4 is 28.4 Å². The normalized spacial score (nSPS) is 25.7. The summed E-state index contributed by atoms with van der Waals surface area (Å²) in [5.74, 6) is 2.71. The second-order valence-electron chi connectivity index (χ2n) is 5.47. The number of hydrogen-bond donors (Lipinski definition) is 0. The lowest BCUT2D eigenvalue weighted by Gasteiger charge is -2.32. The fraction of sp³-hybridized carbons (Fsp3) is 0.562. The van der Waals surface area contributed by atoms with Crippen LogP contribution >= 0.6 is 24.0 Å². The largest absolute Gasteiger partial charge is 0.496 e. The van der Waals surface area contributed by atoms with Crippen molar-refractivity contribution in [2.45, 2.75) is 37.4 Å². The van der Waals surface area contributed by atoms with Gasteiger partial charge in [-0.05, 0) is 37.7 Å². The molecular weight excluding hydrogens is 320 g/mol. The van der Waals surface area contributed by atoms with E-state index in [0.29, 0.717) is 10.3 Å². The predicted molar refractivity (Wildman–Crippen MR) is 91.5 cm³/mol. The molecule has 1 saturated carbocycles. The van der Waals surface area contributed by atoms with Crippen LogP contribution in [0.5, 0.6) is 17.2 Å². The van der Waals surface area contributed by atoms with E-state index in [1.54, 1.807) is 14.2 Å². The van der Waals surface area contributed by atoms with E-state index < -0.39 is 0 Å². The Morgan fingerprint density at radius 3 is 2.77 bits per heavy atom. The first-order valence-electron chi connectivity index (χ1n) is 7.35. The van der Waals surface area contributed by atoms with Gasteiger partial charge in [-0.25, -0.2) is 0 Å². The van der Waals surface area contributed by atoms with E-state index >= 15 is 0 Å². The van der Waals surface area contributed by atoms with Gasteiger partial charge >= 0.3 is 0 Å². The van der Waals surface area contributed by atoms with Gasteiger partial charge in [0.25, 0.3) is 0 Å². The van der Waals surface area contributed by atoms with Crippen molar-refractivity contribution in [2.75, 3.05) is 20.5 Å². The van der Waals surface area contributed by atoms with E-state index in [4.69, 9.17) is 31.2 Å². The molecule has 0 spiro atoms. The van der Waals surface area contributed by atoms with Gasteiger partial charge in [0.15, 0.2) is 0 Å². The van der Waals surface area contributed by atoms with Gasteiger partial charge in [-0.15, -0.1) is 0 Å². The van der Waals surface area contributed by atoms with Gasteiger partial charge in [0, 0.05) is 23.6 Å². The van der Waals surface area contributed by atoms with Crippen LogP contribution in [0.1, 0.15) is 30.7 Å². The summed E-state index contributed by atoms with van der Waals surface area (Å²) >= 11 is 6.67. The van der Waals surface area contributed by atoms with Gasteiger partial charge in [0.1, 0.15) is 29.5 Å². The van der Waals surface area contributed by atoms with Crippen molar-refractivity contribution in [2.24, 2.45) is 0 Å². The van der Waals surface area contributed by atoms with Crippen LogP contribution in [0.2, 0.25) is 0 Å². The Balaban J connectivity index is 1.91. The predicted octanol–water partition coefficient (Wildman–Crippen LogP) is 3.77. The standard InChI is InChI=1S/C16H20O4S2/c1-17-9-7-12(18-2)14-10-5-4-6-11(20-16(21)22-3)15(10)19-13(14)8-9/h7-8,10-11,15H,4-6H2,1-3H3/t10-,11?,15+/m1/s1. The molecule has 1 aromatic carbocycles. The Morgan fingerprint density at radius 1 is 1.27 bits per heavy atom. The Bertz CT molecular complexity index is 576. The van der Waals surface area contributed by atoms with E-state index in [0.717, 1.165) is 42.1 Å². The fourth-order valence-electron chi connectivity index (χ4n) is 3.36. The fourth-order valence-corrected chi connectivity index (χ4v) is 3.71. The molecule has 1 unspecified atom stereocenters. The SMILES string of the molecule is COc1cc(OC)c2c(c1)O[C@@H]1C(OC(=S)SC)CCC[C@H]21. The van der Waals surface area contributed by atoms with E-state index in [1.165, 1.54) is 11.8 Å². The lowest BCUT2D eigenvalue weighted by atomic mass is 9.81. The van der Waals surface area contributed by atoms with Gasteiger partial charge in [-0.2, -0.15) is 0 Å². The summed E-state index contributed by atoms with van der Waals surface area (Å²) in [7, 11) is 3.33. The van der Waals surface area contributed by atoms with Crippen molar-refractivity contribution in [3.63, 3.8) is 0 Å². The molecule has 1 aliphatic heterocycles. The zero-order valence-electron chi connectivity index (χ0n) is 13.0. The lowest BCUT2D eigenvalue weighted by molar-refractivity contribution is 0.0229. The molecule has 0 saturated heterocycles. The first kappa shape index (κ1) is 15.7. The van der Waals surface area contributed by atoms with Gasteiger partial charge in [0.2, 0.25) is 4.38 Å². The molecule has 6 heteroatoms. The number of thioether (sulfide) groups is 1. The summed E-state index contributed by atoms with van der Waals surface area (Å²) in [6, 6.07) is 3.85. The molecule has 0 radical (unpaired) electrons. The number of benzene rings is 1. The summed E-state index contributed by atoms with van der Waals surface area (Å²) in [6.07, 6.45) is 5.07. The number of rotatable bonds is 3. The molecule has 1 fully saturated rings. The minimum Gasteiger partial charge on any atom is -0.496 e. The average molecular weight is 340 g/mol. The highest BCUT2D eigenvalue weighted by atomic mass is 32.2. The molecule has 22 heavy (non-hydrogen) atoms. The molecular formula is C16H20O4S2. The minimum atomic E-state index is -0.00476. The van der Waals surface area contributed by atoms with Gasteiger partial charge in [0.05, 0.1) is 14.2 Å². The molecule has 0 bridgehead atoms. The van der Waals surface area contributed by atoms with Gasteiger partial charge in [-0.3, -0.25) is 0 Å². The number of thiocarbonyl (C=S) groups is 1. The molecule has 0 N–H and O–H groups in total. The molecule has 2 aliphatic rings. The van der Waals surface area contributed by atoms with Crippen LogP contribution in [-0.2, 0) is 4.74 Å². The Hall–Kier alpha value is -1.14. The maximum Gasteiger partial charge on any atom is 0.220 e. The second-order valence-corrected chi connectivity index (χ2v) is 6.88. The third-order valence-electron chi connectivity index (χ3n) is 4.35. The zero-order valence-corrected chi connectivity index (χ0v) is 14.6. The summed E-state index contributed by atoms with van der Waals surface area (Å²) in [5, 5.41) is 0. The lowest BCUT2D eigenvalue weighted by Crippen LogP contribution is -2.39. The molecule has 1 heterocycles. The van der Waals surface area contributed by atoms with Crippen LogP contribution in [0, 0.1) is 0 Å². The van der Waals surface area contributed by atoms with Gasteiger partial charge < -0.3 is 18.9 Å². The Labute approximate surface area is 140 Å². The maximum absolute atomic E-state index is 6.20. The van der Waals surface area contributed by atoms with Crippen molar-refractivity contribution in [1.82, 2.24) is 0 Å². The van der Waals surface area contributed by atoms with E-state index in [-0.39, 0.29) is 12.2 Å². The number of ether oxygens (including phenoxy) is 4. The molecule has 3 atom stereocenters. The van der Waals surface area contributed by atoms with Crippen molar-refractivity contribution in [3.8, 4) is 17.2 Å². The molecule has 1 aliphatic carbocycles. The number of hydrogen-bond acceptors (Lipinski definition) is 6. The smallest absolute Gasteiger partial charge is 0.220 e. The highest BCUT2D eigenvalue weighted by Gasteiger charge is 2.45. The molecule has 120 valence electrons. The summed E-state index contributed by atoms with van der Waals surface area (Å²) in [4.78, 5) is 0. The third kappa shape index (κ3) is 2.74. The second kappa shape index (κ2) is 6.54. The topological polar surface area (TPSA) is 36.9 Å². The van der Waals surface area contributed by atoms with Crippen molar-refractivity contribution in [1.29, 1.82) is 0 Å². The van der Waals surface area contributed by atoms with Crippen LogP contribution < -0.4 is 14.2 Å². The van der Waals surface area contributed by atoms with Crippen LogP contribution in [0.3, 0.4) is 0 Å². The van der Waals surface area contributed by atoms with E-state index in [9.17, 15) is 0 Å². The average Bonchev–Trinajstić information content (AvgIpc) is 2.93. The van der Waals surface area contributed by atoms with Crippen LogP contribution in [0.4, 0.5) is 0 Å². The summed E-state index contributed by atoms with van der Waals surface area (Å²) in [5.41, 5.74) is 1.14. The summed E-state index contributed by atoms with van der Waals surface area (Å²) in [6.45, 7) is 0. The van der Waals surface area contributed by atoms with E-state index in [2.05, 4.69) is 0 Å². The van der Waals surface area contributed by atoms with Gasteiger partial charge in [-0.1, -0.05) is 11.8 Å². The maximum atomic E-state index is 6.20. The molecule has 1 aromatic rings. The van der Waals surface area contributed by atoms with Crippen LogP contribution in [0.15, 0.2) is 12.1 Å². The van der Waals surface area contributed by atoms with E-state index in [1.807, 2.05) is 18.4 Å². The van der Waals surface area contributed by atoms with Crippen LogP contribution in [-0.4, -0.2) is 37.1 Å². The number of fused-ring (bicyclic) bond motifs is 3. The molecule has 4 nitrogen and oxygen atoms in total.